The Balaban J connectivity index is 1.79. The number of nitrogens with one attached hydrogen (secondary N) is 2. The molecule has 0 bridgehead atoms. The fourth-order valence-corrected chi connectivity index (χ4v) is 5.21. The summed E-state index contributed by atoms with van der Waals surface area (Å²) in [6.45, 7) is 6.10. The highest BCUT2D eigenvalue weighted by molar-refractivity contribution is 6.00. The van der Waals surface area contributed by atoms with Gasteiger partial charge in [-0.25, -0.2) is 9.59 Å². The summed E-state index contributed by atoms with van der Waals surface area (Å²) in [4.78, 5) is 48.7. The highest BCUT2D eigenvalue weighted by atomic mass is 16.4. The van der Waals surface area contributed by atoms with Crippen LogP contribution in [0, 0.1) is 5.41 Å². The van der Waals surface area contributed by atoms with Crippen molar-refractivity contribution in [2.75, 3.05) is 0 Å². The number of allylic oxidation sites excluding steroid dienone is 1. The number of hydrogen-bond acceptors (Lipinski definition) is 4. The molecule has 1 aromatic heterocycles. The smallest absolute Gasteiger partial charge is 0.405 e. The Morgan fingerprint density at radius 2 is 1.94 bits per heavy atom. The van der Waals surface area contributed by atoms with Crippen LogP contribution < -0.4 is 16.3 Å². The summed E-state index contributed by atoms with van der Waals surface area (Å²) in [5.74, 6) is -0.785. The highest BCUT2D eigenvalue weighted by Gasteiger charge is 2.44. The third kappa shape index (κ3) is 3.75. The number of para-hydroxylation sites is 1. The van der Waals surface area contributed by atoms with Gasteiger partial charge in [0, 0.05) is 19.0 Å². The number of imide groups is 1. The zero-order chi connectivity index (χ0) is 24.1. The van der Waals surface area contributed by atoms with Crippen LogP contribution in [0.15, 0.2) is 29.1 Å². The molecule has 1 saturated heterocycles. The summed E-state index contributed by atoms with van der Waals surface area (Å²) in [7, 11) is 1.69. The SMILES string of the molecule is Cn1c(=O)n(C2CCC(=O)NC2=O)c2cccc(C3=CCC(NC(=O)O)(C(C)(C)C)CC3)c21. The molecule has 0 saturated carbocycles. The van der Waals surface area contributed by atoms with Crippen LogP contribution in [0.25, 0.3) is 16.6 Å². The Morgan fingerprint density at radius 3 is 2.52 bits per heavy atom. The fourth-order valence-electron chi connectivity index (χ4n) is 5.21. The molecule has 4 rings (SSSR count). The minimum atomic E-state index is -1.03. The first kappa shape index (κ1) is 22.8. The second-order valence-electron chi connectivity index (χ2n) is 10.0. The van der Waals surface area contributed by atoms with Crippen molar-refractivity contribution in [2.45, 2.75) is 64.5 Å². The van der Waals surface area contributed by atoms with E-state index < -0.39 is 23.6 Å². The zero-order valence-electron chi connectivity index (χ0n) is 19.4. The molecule has 0 spiro atoms. The third-order valence-corrected chi connectivity index (χ3v) is 7.27. The fraction of sp³-hybridized carbons (Fsp3) is 0.500. The predicted octanol–water partition coefficient (Wildman–Crippen LogP) is 2.94. The normalized spacial score (nSPS) is 23.9. The van der Waals surface area contributed by atoms with Gasteiger partial charge in [-0.3, -0.25) is 24.0 Å². The van der Waals surface area contributed by atoms with Crippen molar-refractivity contribution >= 4 is 34.5 Å². The lowest BCUT2D eigenvalue weighted by Gasteiger charge is -2.46. The van der Waals surface area contributed by atoms with E-state index in [2.05, 4.69) is 16.7 Å². The van der Waals surface area contributed by atoms with E-state index in [0.29, 0.717) is 24.8 Å². The van der Waals surface area contributed by atoms with E-state index in [1.165, 1.54) is 4.57 Å². The first-order valence-corrected chi connectivity index (χ1v) is 11.2. The molecule has 3 N–H and O–H groups in total. The summed E-state index contributed by atoms with van der Waals surface area (Å²) < 4.78 is 3.03. The van der Waals surface area contributed by atoms with Crippen LogP contribution in [-0.2, 0) is 16.6 Å². The Kier molecular flexibility index (Phi) is 5.46. The molecule has 0 radical (unpaired) electrons. The maximum absolute atomic E-state index is 13.2. The van der Waals surface area contributed by atoms with Crippen LogP contribution in [-0.4, -0.2) is 37.7 Å². The van der Waals surface area contributed by atoms with Gasteiger partial charge in [0.15, 0.2) is 0 Å². The number of aryl methyl sites for hydroxylation is 1. The van der Waals surface area contributed by atoms with E-state index in [1.807, 2.05) is 39.0 Å². The number of carboxylic acid groups (broad SMARTS) is 1. The highest BCUT2D eigenvalue weighted by Crippen LogP contribution is 2.44. The van der Waals surface area contributed by atoms with E-state index >= 15 is 0 Å². The van der Waals surface area contributed by atoms with Crippen LogP contribution in [0.5, 0.6) is 0 Å². The van der Waals surface area contributed by atoms with Crippen molar-refractivity contribution in [3.8, 4) is 0 Å². The van der Waals surface area contributed by atoms with E-state index in [9.17, 15) is 24.3 Å². The van der Waals surface area contributed by atoms with Crippen LogP contribution in [0.2, 0.25) is 0 Å². The molecule has 3 amide bonds. The number of piperidine rings is 1. The Morgan fingerprint density at radius 1 is 1.21 bits per heavy atom. The lowest BCUT2D eigenvalue weighted by Crippen LogP contribution is -2.57. The first-order valence-electron chi connectivity index (χ1n) is 11.2. The van der Waals surface area contributed by atoms with Crippen molar-refractivity contribution in [3.05, 3.63) is 40.3 Å². The van der Waals surface area contributed by atoms with Gasteiger partial charge in [-0.15, -0.1) is 0 Å². The van der Waals surface area contributed by atoms with Crippen molar-refractivity contribution in [1.29, 1.82) is 0 Å². The monoisotopic (exact) mass is 454 g/mol. The standard InChI is InChI=1S/C24H30N4O5/c1-23(2,3)24(26-21(31)32)12-10-14(11-13-24)15-6-5-7-16-19(15)27(4)22(33)28(16)17-8-9-18(29)25-20(17)30/h5-7,10,17,26H,8-9,11-13H2,1-4H3,(H,31,32)(H,25,29,30). The summed E-state index contributed by atoms with van der Waals surface area (Å²) in [6, 6.07) is 4.90. The van der Waals surface area contributed by atoms with Crippen LogP contribution in [0.3, 0.4) is 0 Å². The molecule has 9 heteroatoms. The van der Waals surface area contributed by atoms with Crippen LogP contribution in [0.1, 0.15) is 64.5 Å². The van der Waals surface area contributed by atoms with E-state index in [4.69, 9.17) is 0 Å². The number of nitrogens with zero attached hydrogens (tertiary/aromatic N) is 2. The van der Waals surface area contributed by atoms with Gasteiger partial charge < -0.3 is 10.4 Å². The molecular weight excluding hydrogens is 424 g/mol. The second-order valence-corrected chi connectivity index (χ2v) is 10.0. The van der Waals surface area contributed by atoms with Gasteiger partial charge in [-0.05, 0) is 42.7 Å². The minimum absolute atomic E-state index is 0.190. The summed E-state index contributed by atoms with van der Waals surface area (Å²) in [5, 5.41) is 14.5. The van der Waals surface area contributed by atoms with Crippen LogP contribution in [0.4, 0.5) is 4.79 Å². The third-order valence-electron chi connectivity index (χ3n) is 7.27. The molecule has 2 aromatic rings. The Bertz CT molecular complexity index is 1250. The summed E-state index contributed by atoms with van der Waals surface area (Å²) >= 11 is 0. The van der Waals surface area contributed by atoms with Gasteiger partial charge in [0.2, 0.25) is 11.8 Å². The molecule has 1 aliphatic heterocycles. The predicted molar refractivity (Wildman–Crippen MR) is 124 cm³/mol. The molecular formula is C24H30N4O5. The number of fused-ring (bicyclic) bond motifs is 1. The van der Waals surface area contributed by atoms with Gasteiger partial charge in [0.25, 0.3) is 0 Å². The molecule has 2 atom stereocenters. The molecule has 2 aliphatic rings. The van der Waals surface area contributed by atoms with Gasteiger partial charge >= 0.3 is 11.8 Å². The largest absolute Gasteiger partial charge is 0.465 e. The maximum Gasteiger partial charge on any atom is 0.405 e. The number of rotatable bonds is 3. The lowest BCUT2D eigenvalue weighted by molar-refractivity contribution is -0.135. The lowest BCUT2D eigenvalue weighted by atomic mass is 9.65. The Hall–Kier alpha value is -3.36. The number of carbonyl (C=O) groups is 3. The van der Waals surface area contributed by atoms with Crippen molar-refractivity contribution in [3.63, 3.8) is 0 Å². The second kappa shape index (κ2) is 7.90. The number of aromatic nitrogens is 2. The van der Waals surface area contributed by atoms with Gasteiger partial charge in [-0.2, -0.15) is 0 Å². The van der Waals surface area contributed by atoms with Gasteiger partial charge in [-0.1, -0.05) is 39.0 Å². The average molecular weight is 455 g/mol. The van der Waals surface area contributed by atoms with Gasteiger partial charge in [0.05, 0.1) is 16.6 Å². The molecule has 2 unspecified atom stereocenters. The van der Waals surface area contributed by atoms with Gasteiger partial charge in [0.1, 0.15) is 6.04 Å². The molecule has 176 valence electrons. The van der Waals surface area contributed by atoms with Crippen molar-refractivity contribution < 1.29 is 19.5 Å². The quantitative estimate of drug-likeness (QED) is 0.616. The number of hydrogen-bond donors (Lipinski definition) is 3. The summed E-state index contributed by atoms with van der Waals surface area (Å²) in [6.07, 6.45) is 3.32. The minimum Gasteiger partial charge on any atom is -0.465 e. The van der Waals surface area contributed by atoms with E-state index in [-0.39, 0.29) is 29.9 Å². The van der Waals surface area contributed by atoms with Crippen molar-refractivity contribution in [2.24, 2.45) is 12.5 Å². The van der Waals surface area contributed by atoms with E-state index in [1.54, 1.807) is 11.6 Å². The molecule has 9 nitrogen and oxygen atoms in total. The molecule has 1 aromatic carbocycles. The zero-order valence-corrected chi connectivity index (χ0v) is 19.4. The molecule has 1 aliphatic carbocycles. The molecule has 1 fully saturated rings. The average Bonchev–Trinajstić information content (AvgIpc) is 2.98. The number of benzene rings is 1. The first-order chi connectivity index (χ1) is 15.4. The van der Waals surface area contributed by atoms with Crippen LogP contribution >= 0.6 is 0 Å². The topological polar surface area (TPSA) is 122 Å². The Labute approximate surface area is 191 Å². The number of carbonyl (C=O) groups excluding carboxylic acids is 2. The molecule has 2 heterocycles. The van der Waals surface area contributed by atoms with E-state index in [0.717, 1.165) is 16.7 Å². The summed E-state index contributed by atoms with van der Waals surface area (Å²) in [5.41, 5.74) is 2.15. The van der Waals surface area contributed by atoms with Crippen molar-refractivity contribution in [1.82, 2.24) is 19.8 Å². The maximum atomic E-state index is 13.2. The number of amides is 3. The molecule has 33 heavy (non-hydrogen) atoms. The number of imidazole rings is 1.